The van der Waals surface area contributed by atoms with Gasteiger partial charge < -0.3 is 24.9 Å². The van der Waals surface area contributed by atoms with Gasteiger partial charge in [0.15, 0.2) is 0 Å². The molecule has 0 bridgehead atoms. The third kappa shape index (κ3) is 6.06. The number of fused-ring (bicyclic) bond motifs is 3. The van der Waals surface area contributed by atoms with Crippen LogP contribution in [0, 0.1) is 5.92 Å². The fraction of sp³-hybridized carbons (Fsp3) is 0.469. The number of ether oxygens (including phenoxy) is 2. The highest BCUT2D eigenvalue weighted by atomic mass is 32.1. The minimum atomic E-state index is -1.16. The van der Waals surface area contributed by atoms with Gasteiger partial charge in [0, 0.05) is 12.3 Å². The number of carbonyl (C=O) groups excluding carboxylic acids is 3. The standard InChI is InChI=1S/C32H37N5O6S/c1-2-42-31(40)32-18-20(32)11-6-4-3-5-7-14-24(36-41)30(39)37-19-21(17-25(37)28(38)35-32)43-29-27(26-15-10-16-44-26)33-22-12-8-9-13-23(22)34-29/h6,8-13,15-16,20-21,24-25,36,41H,2-5,7,14,17-19H2,1H3,(H,35,38)/b11-6-/t20-,21?,24+,25+,32-/m1/s1. The Morgan fingerprint density at radius 2 is 1.98 bits per heavy atom. The molecule has 1 aliphatic carbocycles. The Labute approximate surface area is 259 Å². The lowest BCUT2D eigenvalue weighted by Crippen LogP contribution is -2.55. The van der Waals surface area contributed by atoms with Crippen molar-refractivity contribution in [2.75, 3.05) is 13.2 Å². The molecule has 3 aliphatic rings. The molecule has 0 spiro atoms. The number of nitrogens with zero attached hydrogens (tertiary/aromatic N) is 3. The Balaban J connectivity index is 1.31. The van der Waals surface area contributed by atoms with Crippen LogP contribution in [0.1, 0.15) is 51.9 Å². The van der Waals surface area contributed by atoms with Crippen molar-refractivity contribution in [1.82, 2.24) is 25.7 Å². The molecule has 2 aliphatic heterocycles. The van der Waals surface area contributed by atoms with Crippen molar-refractivity contribution in [1.29, 1.82) is 0 Å². The highest BCUT2D eigenvalue weighted by Crippen LogP contribution is 2.46. The fourth-order valence-corrected chi connectivity index (χ4v) is 6.88. The zero-order valence-corrected chi connectivity index (χ0v) is 25.4. The minimum Gasteiger partial charge on any atom is -0.471 e. The first kappa shape index (κ1) is 30.2. The monoisotopic (exact) mass is 619 g/mol. The molecule has 1 saturated heterocycles. The molecular weight excluding hydrogens is 582 g/mol. The van der Waals surface area contributed by atoms with Gasteiger partial charge in [0.25, 0.3) is 0 Å². The number of esters is 1. The average Bonchev–Trinajstić information content (AvgIpc) is 3.34. The summed E-state index contributed by atoms with van der Waals surface area (Å²) in [6.07, 6.45) is 7.83. The lowest BCUT2D eigenvalue weighted by Gasteiger charge is -2.28. The molecule has 2 aromatic heterocycles. The fourth-order valence-electron chi connectivity index (χ4n) is 6.18. The molecule has 4 heterocycles. The van der Waals surface area contributed by atoms with E-state index in [1.165, 1.54) is 16.2 Å². The molecule has 44 heavy (non-hydrogen) atoms. The minimum absolute atomic E-state index is 0.100. The highest BCUT2D eigenvalue weighted by molar-refractivity contribution is 7.13. The summed E-state index contributed by atoms with van der Waals surface area (Å²) in [5.74, 6) is -1.19. The number of para-hydroxylation sites is 2. The van der Waals surface area contributed by atoms with E-state index in [0.29, 0.717) is 29.9 Å². The number of hydrogen-bond donors (Lipinski definition) is 3. The summed E-state index contributed by atoms with van der Waals surface area (Å²) >= 11 is 1.51. The highest BCUT2D eigenvalue weighted by Gasteiger charge is 2.62. The van der Waals surface area contributed by atoms with Crippen LogP contribution in [0.25, 0.3) is 21.6 Å². The predicted molar refractivity (Wildman–Crippen MR) is 164 cm³/mol. The summed E-state index contributed by atoms with van der Waals surface area (Å²) in [6.45, 7) is 2.03. The van der Waals surface area contributed by atoms with Gasteiger partial charge in [0.1, 0.15) is 29.4 Å². The number of hydrogen-bond acceptors (Lipinski definition) is 10. The summed E-state index contributed by atoms with van der Waals surface area (Å²) in [5, 5.41) is 14.9. The van der Waals surface area contributed by atoms with Crippen molar-refractivity contribution >= 4 is 40.2 Å². The van der Waals surface area contributed by atoms with Crippen LogP contribution >= 0.6 is 11.3 Å². The molecule has 1 unspecified atom stereocenters. The average molecular weight is 620 g/mol. The third-order valence-electron chi connectivity index (χ3n) is 8.61. The number of allylic oxidation sites excluding steroid dienone is 1. The van der Waals surface area contributed by atoms with E-state index in [1.54, 1.807) is 6.92 Å². The van der Waals surface area contributed by atoms with Gasteiger partial charge in [-0.2, -0.15) is 5.48 Å². The van der Waals surface area contributed by atoms with Gasteiger partial charge in [0.2, 0.25) is 17.7 Å². The number of aromatic nitrogens is 2. The quantitative estimate of drug-likeness (QED) is 0.212. The van der Waals surface area contributed by atoms with Crippen LogP contribution in [0.3, 0.4) is 0 Å². The maximum atomic E-state index is 13.9. The molecule has 2 fully saturated rings. The van der Waals surface area contributed by atoms with Crippen LogP contribution in [-0.4, -0.2) is 74.7 Å². The van der Waals surface area contributed by atoms with E-state index in [-0.39, 0.29) is 25.5 Å². The lowest BCUT2D eigenvalue weighted by atomic mass is 10.1. The van der Waals surface area contributed by atoms with Crippen LogP contribution in [0.2, 0.25) is 0 Å². The van der Waals surface area contributed by atoms with Crippen LogP contribution in [-0.2, 0) is 19.1 Å². The Hall–Kier alpha value is -3.87. The molecule has 11 nitrogen and oxygen atoms in total. The first-order valence-corrected chi connectivity index (χ1v) is 16.1. The van der Waals surface area contributed by atoms with Gasteiger partial charge in [-0.15, -0.1) is 11.3 Å². The van der Waals surface area contributed by atoms with E-state index in [0.717, 1.165) is 36.1 Å². The topological polar surface area (TPSA) is 143 Å². The van der Waals surface area contributed by atoms with Crippen molar-refractivity contribution in [3.05, 3.63) is 53.9 Å². The molecule has 232 valence electrons. The first-order chi connectivity index (χ1) is 21.4. The molecule has 0 radical (unpaired) electrons. The summed E-state index contributed by atoms with van der Waals surface area (Å²) in [5.41, 5.74) is 2.99. The first-order valence-electron chi connectivity index (χ1n) is 15.3. The Bertz CT molecular complexity index is 1550. The second-order valence-corrected chi connectivity index (χ2v) is 12.5. The van der Waals surface area contributed by atoms with E-state index < -0.39 is 41.5 Å². The molecule has 1 saturated carbocycles. The zero-order valence-electron chi connectivity index (χ0n) is 24.6. The summed E-state index contributed by atoms with van der Waals surface area (Å²) < 4.78 is 11.8. The Morgan fingerprint density at radius 3 is 2.73 bits per heavy atom. The Morgan fingerprint density at radius 1 is 1.16 bits per heavy atom. The second kappa shape index (κ2) is 13.0. The second-order valence-electron chi connectivity index (χ2n) is 11.6. The van der Waals surface area contributed by atoms with Crippen LogP contribution < -0.4 is 15.5 Å². The van der Waals surface area contributed by atoms with Crippen molar-refractivity contribution in [2.24, 2.45) is 5.92 Å². The Kier molecular flexibility index (Phi) is 8.92. The maximum Gasteiger partial charge on any atom is 0.332 e. The van der Waals surface area contributed by atoms with Crippen LogP contribution in [0.4, 0.5) is 0 Å². The molecular formula is C32H37N5O6S. The SMILES string of the molecule is CCOC(=O)[C@@]12C[C@H]1/C=C\CCCCC[C@H](NO)C(=O)N1CC(Oc3nc4ccccc4nc3-c3cccs3)C[C@H]1C(=O)N2. The number of benzene rings is 1. The predicted octanol–water partition coefficient (Wildman–Crippen LogP) is 4.01. The molecule has 12 heteroatoms. The number of hydroxylamine groups is 1. The zero-order chi connectivity index (χ0) is 30.7. The smallest absolute Gasteiger partial charge is 0.332 e. The van der Waals surface area contributed by atoms with Crippen molar-refractivity contribution in [2.45, 2.75) is 75.6 Å². The number of rotatable bonds is 6. The van der Waals surface area contributed by atoms with Crippen molar-refractivity contribution < 1.29 is 29.1 Å². The number of thiophene rings is 1. The van der Waals surface area contributed by atoms with E-state index in [1.807, 2.05) is 53.9 Å². The molecule has 5 atom stereocenters. The van der Waals surface area contributed by atoms with Crippen molar-refractivity contribution in [3.8, 4) is 16.5 Å². The molecule has 2 amide bonds. The number of carbonyl (C=O) groups is 3. The normalized spacial score (nSPS) is 28.3. The van der Waals surface area contributed by atoms with Crippen LogP contribution in [0.5, 0.6) is 5.88 Å². The van der Waals surface area contributed by atoms with Gasteiger partial charge in [-0.25, -0.2) is 14.8 Å². The van der Waals surface area contributed by atoms with Gasteiger partial charge in [-0.1, -0.05) is 43.2 Å². The number of nitrogens with one attached hydrogen (secondary N) is 2. The van der Waals surface area contributed by atoms with Crippen molar-refractivity contribution in [3.63, 3.8) is 0 Å². The molecule has 3 N–H and O–H groups in total. The van der Waals surface area contributed by atoms with E-state index >= 15 is 0 Å². The summed E-state index contributed by atoms with van der Waals surface area (Å²) in [7, 11) is 0. The van der Waals surface area contributed by atoms with Gasteiger partial charge in [0.05, 0.1) is 29.1 Å². The molecule has 1 aromatic carbocycles. The molecule has 3 aromatic rings. The summed E-state index contributed by atoms with van der Waals surface area (Å²) in [6, 6.07) is 9.59. The van der Waals surface area contributed by atoms with Crippen LogP contribution in [0.15, 0.2) is 53.9 Å². The van der Waals surface area contributed by atoms with Gasteiger partial charge in [-0.3, -0.25) is 9.59 Å². The van der Waals surface area contributed by atoms with E-state index in [4.69, 9.17) is 19.4 Å². The molecule has 6 rings (SSSR count). The maximum absolute atomic E-state index is 13.9. The lowest BCUT2D eigenvalue weighted by molar-refractivity contribution is -0.150. The van der Waals surface area contributed by atoms with Gasteiger partial charge in [-0.05, 0) is 56.2 Å². The van der Waals surface area contributed by atoms with E-state index in [2.05, 4.69) is 10.8 Å². The largest absolute Gasteiger partial charge is 0.471 e. The van der Waals surface area contributed by atoms with Gasteiger partial charge >= 0.3 is 5.97 Å². The van der Waals surface area contributed by atoms with E-state index in [9.17, 15) is 19.6 Å². The third-order valence-corrected chi connectivity index (χ3v) is 9.48. The summed E-state index contributed by atoms with van der Waals surface area (Å²) in [4.78, 5) is 52.8. The number of amides is 2.